The summed E-state index contributed by atoms with van der Waals surface area (Å²) in [6, 6.07) is 4.72. The number of carbonyl (C=O) groups is 1. The molecule has 0 bridgehead atoms. The van der Waals surface area contributed by atoms with Crippen LogP contribution in [0, 0.1) is 5.92 Å². The van der Waals surface area contributed by atoms with E-state index in [0.717, 1.165) is 12.1 Å². The summed E-state index contributed by atoms with van der Waals surface area (Å²) in [6.45, 7) is 4.85. The average molecular weight is 492 g/mol. The molecule has 2 aliphatic heterocycles. The number of piperidine rings is 1. The minimum atomic E-state index is -4.41. The van der Waals surface area contributed by atoms with Gasteiger partial charge in [-0.2, -0.15) is 13.2 Å². The van der Waals surface area contributed by atoms with Crippen LogP contribution in [0.5, 0.6) is 0 Å². The molecule has 0 aliphatic carbocycles. The van der Waals surface area contributed by atoms with Crippen molar-refractivity contribution >= 4 is 15.9 Å². The zero-order chi connectivity index (χ0) is 24.1. The molecule has 2 aliphatic rings. The predicted molar refractivity (Wildman–Crippen MR) is 118 cm³/mol. The highest BCUT2D eigenvalue weighted by Gasteiger charge is 2.33. The van der Waals surface area contributed by atoms with Crippen molar-refractivity contribution in [2.45, 2.75) is 38.4 Å². The maximum atomic E-state index is 13.0. The van der Waals surface area contributed by atoms with Gasteiger partial charge in [0.05, 0.1) is 36.5 Å². The van der Waals surface area contributed by atoms with Crippen molar-refractivity contribution in [1.29, 1.82) is 0 Å². The first-order chi connectivity index (χ1) is 15.6. The molecule has 1 N–H and O–H groups in total. The Morgan fingerprint density at radius 1 is 1.18 bits per heavy atom. The van der Waals surface area contributed by atoms with Crippen LogP contribution in [-0.2, 0) is 25.7 Å². The maximum absolute atomic E-state index is 13.0. The number of benzene rings is 1. The van der Waals surface area contributed by atoms with Gasteiger partial charge in [0.1, 0.15) is 0 Å². The van der Waals surface area contributed by atoms with Crippen LogP contribution < -0.4 is 5.32 Å². The quantitative estimate of drug-likeness (QED) is 0.605. The van der Waals surface area contributed by atoms with Crippen molar-refractivity contribution in [3.05, 3.63) is 35.4 Å². The van der Waals surface area contributed by atoms with Crippen LogP contribution in [-0.4, -0.2) is 75.2 Å². The summed E-state index contributed by atoms with van der Waals surface area (Å²) in [7, 11) is -3.37. The van der Waals surface area contributed by atoms with Gasteiger partial charge in [-0.05, 0) is 37.0 Å². The van der Waals surface area contributed by atoms with Gasteiger partial charge in [-0.3, -0.25) is 9.69 Å². The van der Waals surface area contributed by atoms with Gasteiger partial charge in [-0.25, -0.2) is 12.7 Å². The fraction of sp³-hybridized carbons (Fsp3) is 0.682. The van der Waals surface area contributed by atoms with E-state index < -0.39 is 27.7 Å². The smallest absolute Gasteiger partial charge is 0.379 e. The van der Waals surface area contributed by atoms with Crippen molar-refractivity contribution in [2.24, 2.45) is 5.92 Å². The van der Waals surface area contributed by atoms with E-state index in [2.05, 4.69) is 10.2 Å². The summed E-state index contributed by atoms with van der Waals surface area (Å²) >= 11 is 0. The molecule has 2 unspecified atom stereocenters. The van der Waals surface area contributed by atoms with E-state index in [1.54, 1.807) is 6.92 Å². The van der Waals surface area contributed by atoms with Gasteiger partial charge in [0, 0.05) is 32.7 Å². The van der Waals surface area contributed by atoms with Gasteiger partial charge >= 0.3 is 6.18 Å². The van der Waals surface area contributed by atoms with Gasteiger partial charge in [0.25, 0.3) is 0 Å². The second kappa shape index (κ2) is 11.2. The minimum absolute atomic E-state index is 0.0639. The number of nitrogens with zero attached hydrogens (tertiary/aromatic N) is 2. The van der Waals surface area contributed by atoms with Crippen molar-refractivity contribution in [3.63, 3.8) is 0 Å². The Balaban J connectivity index is 1.68. The van der Waals surface area contributed by atoms with Crippen LogP contribution in [0.2, 0.25) is 0 Å². The highest BCUT2D eigenvalue weighted by atomic mass is 32.2. The Morgan fingerprint density at radius 3 is 2.45 bits per heavy atom. The van der Waals surface area contributed by atoms with Crippen molar-refractivity contribution in [1.82, 2.24) is 14.5 Å². The molecule has 0 saturated carbocycles. The maximum Gasteiger partial charge on any atom is 0.416 e. The third-order valence-electron chi connectivity index (χ3n) is 6.19. The van der Waals surface area contributed by atoms with Gasteiger partial charge in [0.15, 0.2) is 0 Å². The van der Waals surface area contributed by atoms with Gasteiger partial charge < -0.3 is 10.1 Å². The molecule has 33 heavy (non-hydrogen) atoms. The number of hydrogen-bond acceptors (Lipinski definition) is 5. The topological polar surface area (TPSA) is 79.0 Å². The van der Waals surface area contributed by atoms with Gasteiger partial charge in [-0.1, -0.05) is 19.1 Å². The lowest BCUT2D eigenvalue weighted by atomic mass is 9.98. The van der Waals surface area contributed by atoms with Gasteiger partial charge in [-0.15, -0.1) is 0 Å². The van der Waals surface area contributed by atoms with E-state index in [1.807, 2.05) is 0 Å². The van der Waals surface area contributed by atoms with E-state index in [-0.39, 0.29) is 30.8 Å². The molecule has 1 aromatic carbocycles. The molecule has 0 spiro atoms. The third kappa shape index (κ3) is 6.91. The monoisotopic (exact) mass is 491 g/mol. The van der Waals surface area contributed by atoms with Crippen molar-refractivity contribution in [3.8, 4) is 0 Å². The second-order valence-corrected chi connectivity index (χ2v) is 10.6. The Bertz CT molecular complexity index is 887. The first kappa shape index (κ1) is 25.9. The highest BCUT2D eigenvalue weighted by molar-refractivity contribution is 7.89. The summed E-state index contributed by atoms with van der Waals surface area (Å²) in [5, 5.41) is 2.93. The molecule has 0 aromatic heterocycles. The van der Waals surface area contributed by atoms with Crippen LogP contribution in [0.15, 0.2) is 24.3 Å². The molecular formula is C22H32F3N3O4S. The zero-order valence-electron chi connectivity index (χ0n) is 18.8. The lowest BCUT2D eigenvalue weighted by molar-refractivity contribution is -0.137. The zero-order valence-corrected chi connectivity index (χ0v) is 19.6. The summed E-state index contributed by atoms with van der Waals surface area (Å²) in [5.74, 6) is -0.603. The number of alkyl halides is 3. The van der Waals surface area contributed by atoms with Crippen LogP contribution in [0.4, 0.5) is 13.2 Å². The van der Waals surface area contributed by atoms with Gasteiger partial charge in [0.2, 0.25) is 15.9 Å². The van der Waals surface area contributed by atoms with Crippen molar-refractivity contribution in [2.75, 3.05) is 51.7 Å². The number of ether oxygens (including phenoxy) is 1. The second-order valence-electron chi connectivity index (χ2n) is 8.54. The summed E-state index contributed by atoms with van der Waals surface area (Å²) < 4.78 is 70.5. The van der Waals surface area contributed by atoms with E-state index in [1.165, 1.54) is 16.4 Å². The summed E-state index contributed by atoms with van der Waals surface area (Å²) in [5.41, 5.74) is -0.0346. The minimum Gasteiger partial charge on any atom is -0.379 e. The Labute approximate surface area is 193 Å². The lowest BCUT2D eigenvalue weighted by Crippen LogP contribution is -2.48. The molecule has 2 heterocycles. The summed E-state index contributed by atoms with van der Waals surface area (Å²) in [6.07, 6.45) is -2.67. The number of amides is 1. The van der Waals surface area contributed by atoms with Crippen LogP contribution in [0.1, 0.15) is 43.4 Å². The molecule has 3 rings (SSSR count). The van der Waals surface area contributed by atoms with Crippen LogP contribution in [0.3, 0.4) is 0 Å². The fourth-order valence-electron chi connectivity index (χ4n) is 4.38. The molecule has 186 valence electrons. The number of nitrogens with one attached hydrogen (secondary N) is 1. The average Bonchev–Trinajstić information content (AvgIpc) is 2.79. The SMILES string of the molecule is CCCS(=O)(=O)N1CCCC(C(=O)NCC(c2ccc(C(F)(F)F)cc2)N2CCOCC2)C1. The highest BCUT2D eigenvalue weighted by Crippen LogP contribution is 2.31. The Kier molecular flexibility index (Phi) is 8.76. The molecular weight excluding hydrogens is 459 g/mol. The molecule has 2 saturated heterocycles. The lowest BCUT2D eigenvalue weighted by Gasteiger charge is -2.36. The molecule has 2 fully saturated rings. The molecule has 1 amide bonds. The summed E-state index contributed by atoms with van der Waals surface area (Å²) in [4.78, 5) is 15.0. The molecule has 0 radical (unpaired) electrons. The first-order valence-corrected chi connectivity index (χ1v) is 13.0. The largest absolute Gasteiger partial charge is 0.416 e. The number of hydrogen-bond donors (Lipinski definition) is 1. The Morgan fingerprint density at radius 2 is 1.85 bits per heavy atom. The third-order valence-corrected chi connectivity index (χ3v) is 8.23. The van der Waals surface area contributed by atoms with E-state index in [4.69, 9.17) is 4.74 Å². The van der Waals surface area contributed by atoms with Crippen LogP contribution >= 0.6 is 0 Å². The molecule has 11 heteroatoms. The molecule has 2 atom stereocenters. The normalized spacial score (nSPS) is 22.1. The van der Waals surface area contributed by atoms with E-state index >= 15 is 0 Å². The fourth-order valence-corrected chi connectivity index (χ4v) is 5.97. The van der Waals surface area contributed by atoms with Crippen molar-refractivity contribution < 1.29 is 31.1 Å². The first-order valence-electron chi connectivity index (χ1n) is 11.4. The number of rotatable bonds is 8. The molecule has 7 nitrogen and oxygen atoms in total. The van der Waals surface area contributed by atoms with E-state index in [9.17, 15) is 26.4 Å². The molecule has 1 aromatic rings. The predicted octanol–water partition coefficient (Wildman–Crippen LogP) is 2.65. The number of carbonyl (C=O) groups excluding carboxylic acids is 1. The van der Waals surface area contributed by atoms with Crippen LogP contribution in [0.25, 0.3) is 0 Å². The standard InChI is InChI=1S/C22H32F3N3O4S/c1-2-14-33(30,31)28-9-3-4-18(16-28)21(29)26-15-20(27-10-12-32-13-11-27)17-5-7-19(8-6-17)22(23,24)25/h5-8,18,20H,2-4,9-16H2,1H3,(H,26,29). The number of morpholine rings is 1. The van der Waals surface area contributed by atoms with E-state index in [0.29, 0.717) is 57.7 Å². The number of sulfonamides is 1. The Hall–Kier alpha value is -1.69. The number of halogens is 3.